The summed E-state index contributed by atoms with van der Waals surface area (Å²) in [6, 6.07) is 20.5. The molecule has 1 N–H and O–H groups in total. The van der Waals surface area contributed by atoms with Crippen LogP contribution in [-0.4, -0.2) is 57.3 Å². The molecule has 31 heavy (non-hydrogen) atoms. The number of amidine groups is 1. The highest BCUT2D eigenvalue weighted by Crippen LogP contribution is 2.32. The van der Waals surface area contributed by atoms with Gasteiger partial charge in [0.25, 0.3) is 5.91 Å². The number of aromatic amines is 1. The topological polar surface area (TPSA) is 64.6 Å². The third kappa shape index (κ3) is 4.47. The minimum absolute atomic E-state index is 0.174. The molecule has 3 heterocycles. The number of hydrogen-bond donors (Lipinski definition) is 1. The van der Waals surface area contributed by atoms with Crippen molar-refractivity contribution in [1.29, 1.82) is 0 Å². The molecule has 0 aliphatic carbocycles. The lowest BCUT2D eigenvalue weighted by Crippen LogP contribution is -2.47. The Balaban J connectivity index is 1.23. The summed E-state index contributed by atoms with van der Waals surface area (Å²) in [5.74, 6) is -0.174. The average molecular weight is 430 g/mol. The molecular weight excluding hydrogens is 406 g/mol. The molecule has 1 fully saturated rings. The number of aromatic nitrogens is 2. The maximum atomic E-state index is 12.6. The molecule has 0 atom stereocenters. The van der Waals surface area contributed by atoms with Crippen LogP contribution >= 0.6 is 11.8 Å². The number of carbonyl (C=O) groups excluding carboxylic acids is 1. The third-order valence-corrected chi connectivity index (χ3v) is 6.56. The average Bonchev–Trinajstić information content (AvgIpc) is 3.43. The van der Waals surface area contributed by atoms with Crippen molar-refractivity contribution >= 4 is 28.9 Å². The van der Waals surface area contributed by atoms with Gasteiger partial charge in [-0.2, -0.15) is 10.1 Å². The van der Waals surface area contributed by atoms with Gasteiger partial charge in [0.05, 0.1) is 16.8 Å². The molecule has 7 heteroatoms. The quantitative estimate of drug-likeness (QED) is 0.638. The third-order valence-electron chi connectivity index (χ3n) is 5.52. The van der Waals surface area contributed by atoms with Gasteiger partial charge in [-0.15, -0.1) is 0 Å². The Hall–Kier alpha value is -3.16. The van der Waals surface area contributed by atoms with Gasteiger partial charge >= 0.3 is 0 Å². The number of carbonyl (C=O) groups is 1. The van der Waals surface area contributed by atoms with Crippen LogP contribution in [0.1, 0.15) is 11.1 Å². The smallest absolute Gasteiger partial charge is 0.286 e. The highest BCUT2D eigenvalue weighted by atomic mass is 32.2. The molecule has 2 aliphatic rings. The minimum Gasteiger partial charge on any atom is -0.348 e. The monoisotopic (exact) mass is 429 g/mol. The number of hydrogen-bond acceptors (Lipinski definition) is 5. The van der Waals surface area contributed by atoms with Gasteiger partial charge in [-0.3, -0.25) is 14.8 Å². The van der Waals surface area contributed by atoms with Crippen LogP contribution in [0.3, 0.4) is 0 Å². The lowest BCUT2D eigenvalue weighted by molar-refractivity contribution is -0.113. The van der Waals surface area contributed by atoms with Gasteiger partial charge < -0.3 is 4.90 Å². The van der Waals surface area contributed by atoms with Crippen LogP contribution < -0.4 is 0 Å². The molecular formula is C24H23N5OS. The normalized spacial score (nSPS) is 18.6. The van der Waals surface area contributed by atoms with E-state index in [1.165, 1.54) is 17.3 Å². The van der Waals surface area contributed by atoms with E-state index < -0.39 is 0 Å². The van der Waals surface area contributed by atoms with Gasteiger partial charge in [0.1, 0.15) is 0 Å². The number of thioether (sulfide) groups is 1. The molecule has 6 nitrogen and oxygen atoms in total. The summed E-state index contributed by atoms with van der Waals surface area (Å²) in [5.41, 5.74) is 4.17. The maximum absolute atomic E-state index is 12.6. The molecule has 2 aliphatic heterocycles. The second kappa shape index (κ2) is 8.91. The Labute approximate surface area is 185 Å². The summed E-state index contributed by atoms with van der Waals surface area (Å²) in [6.45, 7) is 4.63. The van der Waals surface area contributed by atoms with Crippen molar-refractivity contribution in [3.05, 3.63) is 82.9 Å². The molecule has 0 bridgehead atoms. The van der Waals surface area contributed by atoms with Gasteiger partial charge in [-0.1, -0.05) is 60.7 Å². The second-order valence-electron chi connectivity index (χ2n) is 7.63. The second-order valence-corrected chi connectivity index (χ2v) is 8.63. The van der Waals surface area contributed by atoms with Crippen LogP contribution in [0.5, 0.6) is 0 Å². The summed E-state index contributed by atoms with van der Waals surface area (Å²) >= 11 is 1.46. The van der Waals surface area contributed by atoms with E-state index in [2.05, 4.69) is 49.3 Å². The first-order valence-electron chi connectivity index (χ1n) is 10.4. The van der Waals surface area contributed by atoms with E-state index in [-0.39, 0.29) is 5.91 Å². The van der Waals surface area contributed by atoms with Crippen molar-refractivity contribution in [2.24, 2.45) is 4.99 Å². The van der Waals surface area contributed by atoms with Crippen LogP contribution in [0.2, 0.25) is 0 Å². The Morgan fingerprint density at radius 2 is 1.68 bits per heavy atom. The van der Waals surface area contributed by atoms with Crippen LogP contribution in [0.4, 0.5) is 0 Å². The molecule has 156 valence electrons. The van der Waals surface area contributed by atoms with E-state index in [9.17, 15) is 4.79 Å². The van der Waals surface area contributed by atoms with Crippen molar-refractivity contribution in [1.82, 2.24) is 20.0 Å². The fourth-order valence-corrected chi connectivity index (χ4v) is 4.81. The first-order valence-corrected chi connectivity index (χ1v) is 11.2. The molecule has 0 unspecified atom stereocenters. The molecule has 0 radical (unpaired) electrons. The minimum atomic E-state index is -0.174. The zero-order valence-electron chi connectivity index (χ0n) is 17.1. The van der Waals surface area contributed by atoms with Crippen molar-refractivity contribution in [2.45, 2.75) is 6.54 Å². The van der Waals surface area contributed by atoms with Crippen LogP contribution in [0.25, 0.3) is 17.3 Å². The number of amides is 1. The van der Waals surface area contributed by atoms with Crippen LogP contribution in [0.15, 0.2) is 76.8 Å². The highest BCUT2D eigenvalue weighted by Gasteiger charge is 2.28. The number of nitrogens with zero attached hydrogens (tertiary/aromatic N) is 4. The number of nitrogens with one attached hydrogen (secondary N) is 1. The lowest BCUT2D eigenvalue weighted by atomic mass is 10.1. The summed E-state index contributed by atoms with van der Waals surface area (Å²) in [7, 11) is 0. The van der Waals surface area contributed by atoms with Gasteiger partial charge in [0.2, 0.25) is 0 Å². The van der Waals surface area contributed by atoms with Crippen molar-refractivity contribution in [2.75, 3.05) is 26.2 Å². The summed E-state index contributed by atoms with van der Waals surface area (Å²) in [6.07, 6.45) is 3.64. The summed E-state index contributed by atoms with van der Waals surface area (Å²) in [4.78, 5) is 22.2. The lowest BCUT2D eigenvalue weighted by Gasteiger charge is -2.35. The first-order chi connectivity index (χ1) is 15.3. The molecule has 5 rings (SSSR count). The standard InChI is InChI=1S/C24H23N5OS/c30-23-21(15-20-16-25-27-22(20)19-9-5-2-6-10-19)31-24(26-23)29-13-11-28(12-14-29)17-18-7-3-1-4-8-18/h1-10,15-16H,11-14,17H2,(H,25,27)/b21-15-. The van der Waals surface area contributed by atoms with E-state index in [0.29, 0.717) is 4.91 Å². The fourth-order valence-electron chi connectivity index (χ4n) is 3.85. The Bertz CT molecular complexity index is 1120. The van der Waals surface area contributed by atoms with E-state index in [1.54, 1.807) is 6.20 Å². The molecule has 1 saturated heterocycles. The maximum Gasteiger partial charge on any atom is 0.286 e. The zero-order valence-corrected chi connectivity index (χ0v) is 17.9. The Morgan fingerprint density at radius 1 is 0.968 bits per heavy atom. The van der Waals surface area contributed by atoms with E-state index in [0.717, 1.165) is 54.7 Å². The van der Waals surface area contributed by atoms with Gasteiger partial charge in [0, 0.05) is 43.9 Å². The summed E-state index contributed by atoms with van der Waals surface area (Å²) < 4.78 is 0. The number of aliphatic imine (C=N–C) groups is 1. The van der Waals surface area contributed by atoms with Gasteiger partial charge in [0.15, 0.2) is 5.17 Å². The molecule has 0 spiro atoms. The zero-order chi connectivity index (χ0) is 21.0. The SMILES string of the molecule is O=C1N=C(N2CCN(Cc3ccccc3)CC2)S/C1=C\c1cn[nH]c1-c1ccccc1. The van der Waals surface area contributed by atoms with Gasteiger partial charge in [-0.25, -0.2) is 0 Å². The van der Waals surface area contributed by atoms with Crippen molar-refractivity contribution in [3.8, 4) is 11.3 Å². The predicted octanol–water partition coefficient (Wildman–Crippen LogP) is 3.86. The van der Waals surface area contributed by atoms with E-state index >= 15 is 0 Å². The van der Waals surface area contributed by atoms with Crippen LogP contribution in [0, 0.1) is 0 Å². The molecule has 1 aromatic heterocycles. The Kier molecular flexibility index (Phi) is 5.69. The molecule has 0 saturated carbocycles. The van der Waals surface area contributed by atoms with Crippen molar-refractivity contribution < 1.29 is 4.79 Å². The van der Waals surface area contributed by atoms with Crippen molar-refractivity contribution in [3.63, 3.8) is 0 Å². The number of piperazine rings is 1. The van der Waals surface area contributed by atoms with Crippen LogP contribution in [-0.2, 0) is 11.3 Å². The Morgan fingerprint density at radius 3 is 2.42 bits per heavy atom. The molecule has 1 amide bonds. The largest absolute Gasteiger partial charge is 0.348 e. The number of rotatable bonds is 4. The first kappa shape index (κ1) is 19.8. The van der Waals surface area contributed by atoms with Gasteiger partial charge in [-0.05, 0) is 23.4 Å². The summed E-state index contributed by atoms with van der Waals surface area (Å²) in [5, 5.41) is 8.02. The van der Waals surface area contributed by atoms with E-state index in [4.69, 9.17) is 0 Å². The fraction of sp³-hybridized carbons (Fsp3) is 0.208. The highest BCUT2D eigenvalue weighted by molar-refractivity contribution is 8.18. The number of benzene rings is 2. The molecule has 3 aromatic rings. The predicted molar refractivity (Wildman–Crippen MR) is 125 cm³/mol. The number of H-pyrrole nitrogens is 1. The molecule has 2 aromatic carbocycles. The van der Waals surface area contributed by atoms with E-state index in [1.807, 2.05) is 42.5 Å².